The van der Waals surface area contributed by atoms with Gasteiger partial charge in [0.25, 0.3) is 0 Å². The van der Waals surface area contributed by atoms with Crippen LogP contribution in [0.3, 0.4) is 0 Å². The molecule has 0 saturated carbocycles. The van der Waals surface area contributed by atoms with Gasteiger partial charge in [-0.25, -0.2) is 0 Å². The van der Waals surface area contributed by atoms with Crippen LogP contribution in [0.2, 0.25) is 0 Å². The molecule has 0 fully saturated rings. The highest BCUT2D eigenvalue weighted by Gasteiger charge is 2.25. The summed E-state index contributed by atoms with van der Waals surface area (Å²) in [6, 6.07) is 0. The van der Waals surface area contributed by atoms with Gasteiger partial charge in [0.05, 0.1) is 4.32 Å². The normalized spacial score (nSPS) is 12.8. The van der Waals surface area contributed by atoms with Gasteiger partial charge in [-0.15, -0.1) is 0 Å². The number of halogens is 1. The summed E-state index contributed by atoms with van der Waals surface area (Å²) in [7, 11) is 0. The maximum absolute atomic E-state index is 11.5. The first-order valence-electron chi connectivity index (χ1n) is 4.66. The molecule has 0 aliphatic rings. The lowest BCUT2D eigenvalue weighted by Crippen LogP contribution is -2.42. The molecule has 0 radical (unpaired) electrons. The van der Waals surface area contributed by atoms with Crippen LogP contribution in [-0.2, 0) is 4.79 Å². The number of carbonyl (C=O) groups excluding carboxylic acids is 1. The lowest BCUT2D eigenvalue weighted by atomic mass is 9.90. The number of carbonyl (C=O) groups is 1. The molecule has 0 aliphatic carbocycles. The van der Waals surface area contributed by atoms with Gasteiger partial charge in [0.2, 0.25) is 5.91 Å². The van der Waals surface area contributed by atoms with Gasteiger partial charge >= 0.3 is 0 Å². The second-order valence-corrected chi connectivity index (χ2v) is 6.66. The Bertz CT molecular complexity index is 182. The minimum atomic E-state index is -0.461. The molecule has 0 rings (SSSR count). The molecule has 0 spiro atoms. The fourth-order valence-electron chi connectivity index (χ4n) is 0.655. The Balaban J connectivity index is 3.98. The van der Waals surface area contributed by atoms with Crippen molar-refractivity contribution in [3.63, 3.8) is 0 Å². The third kappa shape index (κ3) is 5.29. The van der Waals surface area contributed by atoms with Crippen LogP contribution in [0.1, 0.15) is 41.0 Å². The van der Waals surface area contributed by atoms with E-state index in [9.17, 15) is 4.79 Å². The first kappa shape index (κ1) is 12.9. The molecule has 0 atom stereocenters. The van der Waals surface area contributed by atoms with E-state index in [-0.39, 0.29) is 11.3 Å². The zero-order valence-corrected chi connectivity index (χ0v) is 10.8. The van der Waals surface area contributed by atoms with Crippen molar-refractivity contribution in [3.05, 3.63) is 0 Å². The Kier molecular flexibility index (Phi) is 4.43. The van der Waals surface area contributed by atoms with E-state index in [0.29, 0.717) is 0 Å². The number of hydrogen-bond acceptors (Lipinski definition) is 1. The molecule has 1 amide bonds. The minimum absolute atomic E-state index is 0.0500. The summed E-state index contributed by atoms with van der Waals surface area (Å²) in [5.41, 5.74) is 0.188. The Morgan fingerprint density at radius 2 is 1.77 bits per heavy atom. The number of rotatable bonds is 4. The van der Waals surface area contributed by atoms with Gasteiger partial charge in [-0.3, -0.25) is 4.79 Å². The van der Waals surface area contributed by atoms with E-state index in [4.69, 9.17) is 0 Å². The monoisotopic (exact) mass is 249 g/mol. The predicted molar refractivity (Wildman–Crippen MR) is 60.1 cm³/mol. The number of hydrogen-bond donors (Lipinski definition) is 1. The molecule has 0 aromatic heterocycles. The molecule has 13 heavy (non-hydrogen) atoms. The van der Waals surface area contributed by atoms with Gasteiger partial charge in [0, 0.05) is 6.54 Å². The molecule has 0 bridgehead atoms. The summed E-state index contributed by atoms with van der Waals surface area (Å²) in [6.45, 7) is 10.9. The van der Waals surface area contributed by atoms with E-state index in [2.05, 4.69) is 42.0 Å². The largest absolute Gasteiger partial charge is 0.354 e. The molecule has 0 heterocycles. The van der Waals surface area contributed by atoms with E-state index < -0.39 is 4.32 Å². The number of alkyl halides is 1. The standard InChI is InChI=1S/C10H20BrNO/c1-6-9(2,3)7-12-8(13)10(4,5)11/h6-7H2,1-5H3,(H,12,13). The average Bonchev–Trinajstić information content (AvgIpc) is 1.98. The van der Waals surface area contributed by atoms with E-state index in [1.165, 1.54) is 0 Å². The molecular weight excluding hydrogens is 230 g/mol. The van der Waals surface area contributed by atoms with E-state index in [0.717, 1.165) is 13.0 Å². The van der Waals surface area contributed by atoms with Crippen LogP contribution in [-0.4, -0.2) is 16.8 Å². The molecule has 1 N–H and O–H groups in total. The molecule has 0 aliphatic heterocycles. The van der Waals surface area contributed by atoms with Crippen molar-refractivity contribution in [2.24, 2.45) is 5.41 Å². The van der Waals surface area contributed by atoms with Crippen molar-refractivity contribution >= 4 is 21.8 Å². The average molecular weight is 250 g/mol. The van der Waals surface area contributed by atoms with Crippen LogP contribution in [0.25, 0.3) is 0 Å². The van der Waals surface area contributed by atoms with Gasteiger partial charge in [0.1, 0.15) is 0 Å². The van der Waals surface area contributed by atoms with Crippen LogP contribution in [0, 0.1) is 5.41 Å². The first-order chi connectivity index (χ1) is 5.69. The van der Waals surface area contributed by atoms with Crippen molar-refractivity contribution in [2.75, 3.05) is 6.54 Å². The molecule has 0 unspecified atom stereocenters. The molecule has 0 saturated heterocycles. The lowest BCUT2D eigenvalue weighted by Gasteiger charge is -2.25. The minimum Gasteiger partial charge on any atom is -0.354 e. The Morgan fingerprint density at radius 1 is 1.31 bits per heavy atom. The van der Waals surface area contributed by atoms with Crippen molar-refractivity contribution < 1.29 is 4.79 Å². The maximum Gasteiger partial charge on any atom is 0.236 e. The van der Waals surface area contributed by atoms with Crippen molar-refractivity contribution in [3.8, 4) is 0 Å². The third-order valence-electron chi connectivity index (χ3n) is 2.22. The topological polar surface area (TPSA) is 29.1 Å². The molecule has 3 heteroatoms. The molecular formula is C10H20BrNO. The zero-order valence-electron chi connectivity index (χ0n) is 9.20. The summed E-state index contributed by atoms with van der Waals surface area (Å²) in [4.78, 5) is 11.5. The highest BCUT2D eigenvalue weighted by molar-refractivity contribution is 9.10. The zero-order chi connectivity index (χ0) is 10.7. The van der Waals surface area contributed by atoms with Crippen LogP contribution in [0.5, 0.6) is 0 Å². The van der Waals surface area contributed by atoms with E-state index >= 15 is 0 Å². The van der Waals surface area contributed by atoms with Gasteiger partial charge in [0.15, 0.2) is 0 Å². The highest BCUT2D eigenvalue weighted by Crippen LogP contribution is 2.20. The highest BCUT2D eigenvalue weighted by atomic mass is 79.9. The first-order valence-corrected chi connectivity index (χ1v) is 5.45. The molecule has 78 valence electrons. The van der Waals surface area contributed by atoms with Crippen molar-refractivity contribution in [2.45, 2.75) is 45.4 Å². The molecule has 0 aromatic carbocycles. The summed E-state index contributed by atoms with van der Waals surface area (Å²) < 4.78 is -0.461. The predicted octanol–water partition coefficient (Wildman–Crippen LogP) is 2.71. The van der Waals surface area contributed by atoms with Crippen molar-refractivity contribution in [1.82, 2.24) is 5.32 Å². The second-order valence-electron chi connectivity index (χ2n) is 4.67. The SMILES string of the molecule is CCC(C)(C)CNC(=O)C(C)(C)Br. The fraction of sp³-hybridized carbons (Fsp3) is 0.900. The van der Waals surface area contributed by atoms with E-state index in [1.54, 1.807) is 0 Å². The summed E-state index contributed by atoms with van der Waals surface area (Å²) in [5, 5.41) is 2.93. The number of amides is 1. The molecule has 2 nitrogen and oxygen atoms in total. The Morgan fingerprint density at radius 3 is 2.08 bits per heavy atom. The third-order valence-corrected chi connectivity index (χ3v) is 2.58. The lowest BCUT2D eigenvalue weighted by molar-refractivity contribution is -0.122. The van der Waals surface area contributed by atoms with Gasteiger partial charge in [-0.2, -0.15) is 0 Å². The van der Waals surface area contributed by atoms with Crippen LogP contribution < -0.4 is 5.32 Å². The quantitative estimate of drug-likeness (QED) is 0.763. The van der Waals surface area contributed by atoms with Gasteiger partial charge in [-0.1, -0.05) is 36.7 Å². The van der Waals surface area contributed by atoms with Crippen molar-refractivity contribution in [1.29, 1.82) is 0 Å². The second kappa shape index (κ2) is 4.45. The van der Waals surface area contributed by atoms with Gasteiger partial charge in [-0.05, 0) is 25.7 Å². The fourth-order valence-corrected chi connectivity index (χ4v) is 0.795. The summed E-state index contributed by atoms with van der Waals surface area (Å²) in [5.74, 6) is 0.0500. The Labute approximate surface area is 89.6 Å². The van der Waals surface area contributed by atoms with Crippen LogP contribution >= 0.6 is 15.9 Å². The maximum atomic E-state index is 11.5. The van der Waals surface area contributed by atoms with Gasteiger partial charge < -0.3 is 5.32 Å². The number of nitrogens with one attached hydrogen (secondary N) is 1. The summed E-state index contributed by atoms with van der Waals surface area (Å²) in [6.07, 6.45) is 1.07. The molecule has 0 aromatic rings. The van der Waals surface area contributed by atoms with E-state index in [1.807, 2.05) is 13.8 Å². The van der Waals surface area contributed by atoms with Crippen LogP contribution in [0.15, 0.2) is 0 Å². The summed E-state index contributed by atoms with van der Waals surface area (Å²) >= 11 is 3.32. The smallest absolute Gasteiger partial charge is 0.236 e. The van der Waals surface area contributed by atoms with Crippen LogP contribution in [0.4, 0.5) is 0 Å². The Hall–Kier alpha value is -0.0500.